The summed E-state index contributed by atoms with van der Waals surface area (Å²) < 4.78 is 10.7. The Balaban J connectivity index is 1.92. The molecule has 1 amide bonds. The molecule has 1 saturated heterocycles. The van der Waals surface area contributed by atoms with E-state index >= 15 is 0 Å². The van der Waals surface area contributed by atoms with Crippen LogP contribution in [0.25, 0.3) is 0 Å². The van der Waals surface area contributed by atoms with Gasteiger partial charge < -0.3 is 20.1 Å². The third-order valence-corrected chi connectivity index (χ3v) is 2.87. The molecule has 0 aromatic rings. The summed E-state index contributed by atoms with van der Waals surface area (Å²) >= 11 is 0. The minimum atomic E-state index is -0.437. The van der Waals surface area contributed by atoms with Crippen LogP contribution in [0.1, 0.15) is 46.5 Å². The topological polar surface area (TPSA) is 59.6 Å². The minimum Gasteiger partial charge on any atom is -0.444 e. The van der Waals surface area contributed by atoms with Gasteiger partial charge in [-0.2, -0.15) is 0 Å². The first-order valence-electron chi connectivity index (χ1n) is 7.25. The van der Waals surface area contributed by atoms with Crippen molar-refractivity contribution >= 4 is 6.09 Å². The second kappa shape index (κ2) is 8.38. The molecule has 1 fully saturated rings. The third kappa shape index (κ3) is 8.83. The molecule has 0 radical (unpaired) electrons. The molecular weight excluding hydrogens is 244 g/mol. The van der Waals surface area contributed by atoms with Crippen molar-refractivity contribution in [3.63, 3.8) is 0 Å². The highest BCUT2D eigenvalue weighted by molar-refractivity contribution is 5.67. The Labute approximate surface area is 116 Å². The second-order valence-corrected chi connectivity index (χ2v) is 6.00. The van der Waals surface area contributed by atoms with Crippen molar-refractivity contribution in [2.75, 3.05) is 26.3 Å². The maximum atomic E-state index is 11.4. The van der Waals surface area contributed by atoms with Crippen LogP contribution >= 0.6 is 0 Å². The number of rotatable bonds is 6. The predicted molar refractivity (Wildman–Crippen MR) is 75.3 cm³/mol. The van der Waals surface area contributed by atoms with Crippen LogP contribution in [0, 0.1) is 0 Å². The van der Waals surface area contributed by atoms with Crippen LogP contribution in [0.15, 0.2) is 0 Å². The fraction of sp³-hybridized carbons (Fsp3) is 0.929. The molecule has 0 aromatic carbocycles. The van der Waals surface area contributed by atoms with Gasteiger partial charge in [0.15, 0.2) is 0 Å². The molecule has 5 heteroatoms. The molecule has 2 N–H and O–H groups in total. The van der Waals surface area contributed by atoms with Crippen LogP contribution in [-0.2, 0) is 9.47 Å². The number of amides is 1. The summed E-state index contributed by atoms with van der Waals surface area (Å²) in [5.74, 6) is 0. The van der Waals surface area contributed by atoms with Gasteiger partial charge in [0.05, 0.1) is 6.61 Å². The number of carbonyl (C=O) groups excluding carboxylic acids is 1. The van der Waals surface area contributed by atoms with Gasteiger partial charge in [-0.15, -0.1) is 0 Å². The number of hydrogen-bond acceptors (Lipinski definition) is 4. The smallest absolute Gasteiger partial charge is 0.407 e. The van der Waals surface area contributed by atoms with Crippen molar-refractivity contribution in [2.24, 2.45) is 0 Å². The van der Waals surface area contributed by atoms with E-state index in [1.807, 2.05) is 20.8 Å². The number of piperidine rings is 1. The zero-order chi connectivity index (χ0) is 14.1. The van der Waals surface area contributed by atoms with E-state index in [4.69, 9.17) is 9.47 Å². The van der Waals surface area contributed by atoms with Gasteiger partial charge in [0.1, 0.15) is 5.60 Å². The molecule has 0 aliphatic carbocycles. The summed E-state index contributed by atoms with van der Waals surface area (Å²) in [6.45, 7) is 8.70. The Morgan fingerprint density at radius 2 is 2.16 bits per heavy atom. The molecule has 1 aliphatic rings. The average Bonchev–Trinajstić information content (AvgIpc) is 2.32. The van der Waals surface area contributed by atoms with E-state index < -0.39 is 5.60 Å². The Morgan fingerprint density at radius 3 is 2.79 bits per heavy atom. The molecule has 5 nitrogen and oxygen atoms in total. The van der Waals surface area contributed by atoms with Crippen molar-refractivity contribution in [3.05, 3.63) is 0 Å². The van der Waals surface area contributed by atoms with Gasteiger partial charge in [-0.05, 0) is 46.6 Å². The first-order valence-corrected chi connectivity index (χ1v) is 7.25. The van der Waals surface area contributed by atoms with Gasteiger partial charge in [0.2, 0.25) is 0 Å². The lowest BCUT2D eigenvalue weighted by atomic mass is 10.1. The molecule has 112 valence electrons. The number of carbonyl (C=O) groups is 1. The molecular formula is C14H28N2O3. The summed E-state index contributed by atoms with van der Waals surface area (Å²) in [7, 11) is 0. The summed E-state index contributed by atoms with van der Waals surface area (Å²) in [6.07, 6.45) is 4.22. The largest absolute Gasteiger partial charge is 0.444 e. The maximum absolute atomic E-state index is 11.4. The Kier molecular flexibility index (Phi) is 7.16. The number of hydrogen-bond donors (Lipinski definition) is 2. The molecule has 0 bridgehead atoms. The van der Waals surface area contributed by atoms with Crippen molar-refractivity contribution in [1.29, 1.82) is 0 Å². The van der Waals surface area contributed by atoms with E-state index in [1.54, 1.807) is 0 Å². The predicted octanol–water partition coefficient (Wildman–Crippen LogP) is 2.06. The molecule has 1 rings (SSSR count). The lowest BCUT2D eigenvalue weighted by Gasteiger charge is -2.23. The highest BCUT2D eigenvalue weighted by Crippen LogP contribution is 2.07. The first kappa shape index (κ1) is 16.2. The standard InChI is InChI=1S/C14H28N2O3/c1-14(2,3)19-13(17)16-9-6-10-18-11-12-7-4-5-8-15-12/h12,15H,4-11H2,1-3H3,(H,16,17). The van der Waals surface area contributed by atoms with Crippen molar-refractivity contribution in [3.8, 4) is 0 Å². The minimum absolute atomic E-state index is 0.360. The van der Waals surface area contributed by atoms with Crippen LogP contribution in [0.4, 0.5) is 4.79 Å². The Hall–Kier alpha value is -0.810. The normalized spacial score (nSPS) is 20.1. The fourth-order valence-corrected chi connectivity index (χ4v) is 1.97. The lowest BCUT2D eigenvalue weighted by molar-refractivity contribution is 0.0516. The van der Waals surface area contributed by atoms with Gasteiger partial charge in [0.25, 0.3) is 0 Å². The maximum Gasteiger partial charge on any atom is 0.407 e. The van der Waals surface area contributed by atoms with E-state index in [0.717, 1.165) is 19.6 Å². The first-order chi connectivity index (χ1) is 8.97. The van der Waals surface area contributed by atoms with Crippen LogP contribution in [0.2, 0.25) is 0 Å². The van der Waals surface area contributed by atoms with Gasteiger partial charge >= 0.3 is 6.09 Å². The number of nitrogens with one attached hydrogen (secondary N) is 2. The van der Waals surface area contributed by atoms with E-state index in [0.29, 0.717) is 19.2 Å². The quantitative estimate of drug-likeness (QED) is 0.727. The monoisotopic (exact) mass is 272 g/mol. The molecule has 19 heavy (non-hydrogen) atoms. The average molecular weight is 272 g/mol. The van der Waals surface area contributed by atoms with Gasteiger partial charge in [0, 0.05) is 19.2 Å². The second-order valence-electron chi connectivity index (χ2n) is 6.00. The van der Waals surface area contributed by atoms with Crippen LogP contribution < -0.4 is 10.6 Å². The van der Waals surface area contributed by atoms with Crippen molar-refractivity contribution in [2.45, 2.75) is 58.1 Å². The van der Waals surface area contributed by atoms with Crippen LogP contribution in [-0.4, -0.2) is 44.0 Å². The Bertz CT molecular complexity index is 258. The van der Waals surface area contributed by atoms with E-state index in [-0.39, 0.29) is 6.09 Å². The number of ether oxygens (including phenoxy) is 2. The zero-order valence-electron chi connectivity index (χ0n) is 12.5. The van der Waals surface area contributed by atoms with Crippen molar-refractivity contribution < 1.29 is 14.3 Å². The summed E-state index contributed by atoms with van der Waals surface area (Å²) in [5.41, 5.74) is -0.437. The zero-order valence-corrected chi connectivity index (χ0v) is 12.5. The molecule has 1 aliphatic heterocycles. The van der Waals surface area contributed by atoms with Gasteiger partial charge in [-0.25, -0.2) is 4.79 Å². The molecule has 0 aromatic heterocycles. The van der Waals surface area contributed by atoms with Crippen LogP contribution in [0.3, 0.4) is 0 Å². The molecule has 1 atom stereocenters. The molecule has 0 spiro atoms. The highest BCUT2D eigenvalue weighted by atomic mass is 16.6. The summed E-state index contributed by atoms with van der Waals surface area (Å²) in [6, 6.07) is 0.507. The van der Waals surface area contributed by atoms with E-state index in [2.05, 4.69) is 10.6 Å². The SMILES string of the molecule is CC(C)(C)OC(=O)NCCCOCC1CCCCN1. The summed E-state index contributed by atoms with van der Waals surface area (Å²) in [5, 5.41) is 6.16. The fourth-order valence-electron chi connectivity index (χ4n) is 1.97. The van der Waals surface area contributed by atoms with Gasteiger partial charge in [-0.1, -0.05) is 6.42 Å². The highest BCUT2D eigenvalue weighted by Gasteiger charge is 2.15. The van der Waals surface area contributed by atoms with Crippen molar-refractivity contribution in [1.82, 2.24) is 10.6 Å². The van der Waals surface area contributed by atoms with E-state index in [9.17, 15) is 4.79 Å². The Morgan fingerprint density at radius 1 is 1.37 bits per heavy atom. The number of alkyl carbamates (subject to hydrolysis) is 1. The van der Waals surface area contributed by atoms with Gasteiger partial charge in [-0.3, -0.25) is 0 Å². The third-order valence-electron chi connectivity index (χ3n) is 2.87. The molecule has 1 heterocycles. The molecule has 1 unspecified atom stereocenters. The van der Waals surface area contributed by atoms with Crippen LogP contribution in [0.5, 0.6) is 0 Å². The molecule has 0 saturated carbocycles. The van der Waals surface area contributed by atoms with E-state index in [1.165, 1.54) is 19.3 Å². The summed E-state index contributed by atoms with van der Waals surface area (Å²) in [4.78, 5) is 11.4. The lowest BCUT2D eigenvalue weighted by Crippen LogP contribution is -2.37.